The SMILES string of the molecule is COc1ccc(CN2CCn3nc(COC[C@H](C)Nc4cn[nH]c(=O)c4C(F)(F)F)c(Cl)c3C2)cc1. The van der Waals surface area contributed by atoms with Crippen molar-refractivity contribution in [2.75, 3.05) is 25.6 Å². The first-order valence-electron chi connectivity index (χ1n) is 11.2. The number of ether oxygens (including phenoxy) is 2. The van der Waals surface area contributed by atoms with Crippen LogP contribution in [0.1, 0.15) is 29.4 Å². The standard InChI is InChI=1S/C23H26ClF3N6O3/c1-14(29-17-9-28-30-22(34)20(17)23(25,26)27)12-36-13-18-21(24)19-11-32(7-8-33(19)31-18)10-15-3-5-16(35-2)6-4-15/h3-6,9,14H,7-8,10-13H2,1-2H3,(H2,29,30,34)/t14-/m0/s1. The van der Waals surface area contributed by atoms with E-state index in [1.165, 1.54) is 0 Å². The van der Waals surface area contributed by atoms with Gasteiger partial charge in [0.15, 0.2) is 0 Å². The number of benzene rings is 1. The molecule has 0 aliphatic carbocycles. The molecule has 194 valence electrons. The van der Waals surface area contributed by atoms with Crippen molar-refractivity contribution < 1.29 is 22.6 Å². The van der Waals surface area contributed by atoms with E-state index in [1.807, 2.05) is 28.9 Å². The first-order chi connectivity index (χ1) is 17.2. The number of alkyl halides is 3. The Kier molecular flexibility index (Phi) is 7.86. The van der Waals surface area contributed by atoms with Gasteiger partial charge in [0.1, 0.15) is 17.0 Å². The molecule has 13 heteroatoms. The Morgan fingerprint density at radius 2 is 2.00 bits per heavy atom. The highest BCUT2D eigenvalue weighted by atomic mass is 35.5. The smallest absolute Gasteiger partial charge is 0.423 e. The lowest BCUT2D eigenvalue weighted by molar-refractivity contribution is -0.138. The summed E-state index contributed by atoms with van der Waals surface area (Å²) < 4.78 is 52.4. The van der Waals surface area contributed by atoms with E-state index in [2.05, 4.69) is 20.4 Å². The molecule has 1 aliphatic rings. The summed E-state index contributed by atoms with van der Waals surface area (Å²) in [5.41, 5.74) is -0.418. The molecule has 0 unspecified atom stereocenters. The van der Waals surface area contributed by atoms with Gasteiger partial charge in [-0.2, -0.15) is 23.4 Å². The zero-order valence-corrected chi connectivity index (χ0v) is 20.5. The third-order valence-corrected chi connectivity index (χ3v) is 6.21. The molecular weight excluding hydrogens is 501 g/mol. The van der Waals surface area contributed by atoms with Crippen LogP contribution in [-0.4, -0.2) is 51.2 Å². The molecule has 3 aromatic rings. The molecule has 9 nitrogen and oxygen atoms in total. The van der Waals surface area contributed by atoms with Crippen LogP contribution >= 0.6 is 11.6 Å². The maximum atomic E-state index is 13.2. The molecule has 1 aliphatic heterocycles. The summed E-state index contributed by atoms with van der Waals surface area (Å²) in [7, 11) is 1.63. The van der Waals surface area contributed by atoms with Crippen LogP contribution in [0, 0.1) is 0 Å². The summed E-state index contributed by atoms with van der Waals surface area (Å²) in [6.45, 7) is 4.68. The predicted octanol–water partition coefficient (Wildman–Crippen LogP) is 3.68. The van der Waals surface area contributed by atoms with E-state index in [-0.39, 0.29) is 13.2 Å². The minimum atomic E-state index is -4.82. The molecule has 2 aromatic heterocycles. The van der Waals surface area contributed by atoms with Gasteiger partial charge < -0.3 is 14.8 Å². The van der Waals surface area contributed by atoms with Crippen molar-refractivity contribution >= 4 is 17.3 Å². The zero-order chi connectivity index (χ0) is 25.9. The quantitative estimate of drug-likeness (QED) is 0.439. The average molecular weight is 527 g/mol. The summed E-state index contributed by atoms with van der Waals surface area (Å²) in [4.78, 5) is 13.9. The van der Waals surface area contributed by atoms with Gasteiger partial charge in [-0.25, -0.2) is 5.10 Å². The molecule has 4 rings (SSSR count). The van der Waals surface area contributed by atoms with Crippen LogP contribution in [0.2, 0.25) is 5.02 Å². The molecule has 1 aromatic carbocycles. The number of methoxy groups -OCH3 is 1. The first kappa shape index (κ1) is 26.0. The third-order valence-electron chi connectivity index (χ3n) is 5.77. The zero-order valence-electron chi connectivity index (χ0n) is 19.7. The molecule has 1 atom stereocenters. The Bertz CT molecular complexity index is 1250. The van der Waals surface area contributed by atoms with Gasteiger partial charge in [0.2, 0.25) is 0 Å². The fourth-order valence-electron chi connectivity index (χ4n) is 4.04. The van der Waals surface area contributed by atoms with Crippen molar-refractivity contribution in [3.63, 3.8) is 0 Å². The highest BCUT2D eigenvalue weighted by molar-refractivity contribution is 6.31. The Labute approximate surface area is 210 Å². The van der Waals surface area contributed by atoms with Gasteiger partial charge in [-0.3, -0.25) is 14.4 Å². The van der Waals surface area contributed by atoms with E-state index in [1.54, 1.807) is 19.1 Å². The van der Waals surface area contributed by atoms with E-state index in [9.17, 15) is 18.0 Å². The molecule has 0 amide bonds. The van der Waals surface area contributed by atoms with Crippen LogP contribution < -0.4 is 15.6 Å². The monoisotopic (exact) mass is 526 g/mol. The Hall–Kier alpha value is -3.09. The second-order valence-electron chi connectivity index (χ2n) is 8.54. The van der Waals surface area contributed by atoms with E-state index < -0.39 is 29.0 Å². The number of aromatic nitrogens is 4. The molecule has 0 saturated heterocycles. The lowest BCUT2D eigenvalue weighted by atomic mass is 10.2. The molecule has 36 heavy (non-hydrogen) atoms. The number of fused-ring (bicyclic) bond motifs is 1. The molecule has 0 bridgehead atoms. The van der Waals surface area contributed by atoms with Gasteiger partial charge in [-0.15, -0.1) is 0 Å². The number of hydrogen-bond donors (Lipinski definition) is 2. The van der Waals surface area contributed by atoms with Crippen molar-refractivity contribution in [1.29, 1.82) is 0 Å². The number of nitrogens with one attached hydrogen (secondary N) is 2. The third kappa shape index (κ3) is 6.00. The molecule has 0 spiro atoms. The maximum absolute atomic E-state index is 13.2. The Balaban J connectivity index is 1.33. The summed E-state index contributed by atoms with van der Waals surface area (Å²) in [5.74, 6) is 0.808. The van der Waals surface area contributed by atoms with Crippen LogP contribution in [-0.2, 0) is 37.2 Å². The van der Waals surface area contributed by atoms with Gasteiger partial charge in [0.05, 0.1) is 49.5 Å². The van der Waals surface area contributed by atoms with Crippen molar-refractivity contribution in [2.45, 2.75) is 45.4 Å². The van der Waals surface area contributed by atoms with Crippen molar-refractivity contribution in [3.05, 3.63) is 68.4 Å². The fourth-order valence-corrected chi connectivity index (χ4v) is 4.29. The second kappa shape index (κ2) is 10.9. The second-order valence-corrected chi connectivity index (χ2v) is 8.91. The summed E-state index contributed by atoms with van der Waals surface area (Å²) in [6.07, 6.45) is -3.89. The number of halogens is 4. The Morgan fingerprint density at radius 3 is 2.69 bits per heavy atom. The molecule has 2 N–H and O–H groups in total. The number of hydrogen-bond acceptors (Lipinski definition) is 7. The maximum Gasteiger partial charge on any atom is 0.423 e. The van der Waals surface area contributed by atoms with Gasteiger partial charge >= 0.3 is 6.18 Å². The summed E-state index contributed by atoms with van der Waals surface area (Å²) in [5, 5.41) is 13.0. The van der Waals surface area contributed by atoms with Crippen LogP contribution in [0.15, 0.2) is 35.3 Å². The van der Waals surface area contributed by atoms with Crippen molar-refractivity contribution in [2.24, 2.45) is 0 Å². The van der Waals surface area contributed by atoms with Crippen LogP contribution in [0.4, 0.5) is 18.9 Å². The topological polar surface area (TPSA) is 97.3 Å². The Morgan fingerprint density at radius 1 is 1.25 bits per heavy atom. The number of rotatable bonds is 9. The number of anilines is 1. The number of aromatic amines is 1. The number of H-pyrrole nitrogens is 1. The molecule has 0 radical (unpaired) electrons. The van der Waals surface area contributed by atoms with E-state index in [0.717, 1.165) is 36.3 Å². The highest BCUT2D eigenvalue weighted by Crippen LogP contribution is 2.32. The average Bonchev–Trinajstić information content (AvgIpc) is 3.13. The minimum absolute atomic E-state index is 0.0617. The summed E-state index contributed by atoms with van der Waals surface area (Å²) in [6, 6.07) is 7.38. The lowest BCUT2D eigenvalue weighted by Crippen LogP contribution is -2.33. The fraction of sp³-hybridized carbons (Fsp3) is 0.435. The van der Waals surface area contributed by atoms with Crippen molar-refractivity contribution in [3.8, 4) is 5.75 Å². The van der Waals surface area contributed by atoms with E-state index >= 15 is 0 Å². The van der Waals surface area contributed by atoms with Crippen LogP contribution in [0.3, 0.4) is 0 Å². The highest BCUT2D eigenvalue weighted by Gasteiger charge is 2.37. The van der Waals surface area contributed by atoms with Crippen LogP contribution in [0.25, 0.3) is 0 Å². The van der Waals surface area contributed by atoms with Gasteiger partial charge in [-0.05, 0) is 24.6 Å². The largest absolute Gasteiger partial charge is 0.497 e. The summed E-state index contributed by atoms with van der Waals surface area (Å²) >= 11 is 6.59. The predicted molar refractivity (Wildman–Crippen MR) is 127 cm³/mol. The molecule has 0 fully saturated rings. The molecule has 0 saturated carbocycles. The lowest BCUT2D eigenvalue weighted by Gasteiger charge is -2.27. The molecule has 3 heterocycles. The number of nitrogens with zero attached hydrogens (tertiary/aromatic N) is 4. The van der Waals surface area contributed by atoms with Crippen LogP contribution in [0.5, 0.6) is 5.75 Å². The van der Waals surface area contributed by atoms with Gasteiger partial charge in [-0.1, -0.05) is 23.7 Å². The van der Waals surface area contributed by atoms with E-state index in [0.29, 0.717) is 23.8 Å². The minimum Gasteiger partial charge on any atom is -0.497 e. The normalized spacial score (nSPS) is 14.9. The molecular formula is C23H26ClF3N6O3. The first-order valence-corrected chi connectivity index (χ1v) is 11.6. The van der Waals surface area contributed by atoms with E-state index in [4.69, 9.17) is 21.1 Å². The van der Waals surface area contributed by atoms with Gasteiger partial charge in [0, 0.05) is 25.7 Å². The van der Waals surface area contributed by atoms with Gasteiger partial charge in [0.25, 0.3) is 5.56 Å². The van der Waals surface area contributed by atoms with Crippen molar-refractivity contribution in [1.82, 2.24) is 24.9 Å².